The zero-order valence-corrected chi connectivity index (χ0v) is 6.79. The minimum absolute atomic E-state index is 0.120. The van der Waals surface area contributed by atoms with Crippen molar-refractivity contribution in [2.75, 3.05) is 12.8 Å². The molecule has 72 valence electrons. The summed E-state index contributed by atoms with van der Waals surface area (Å²) in [6, 6.07) is 0.905. The fraction of sp³-hybridized carbons (Fsp3) is 0.286. The molecule has 6 heteroatoms. The smallest absolute Gasteiger partial charge is 0.267 e. The third kappa shape index (κ3) is 1.77. The van der Waals surface area contributed by atoms with E-state index in [-0.39, 0.29) is 11.7 Å². The molecular formula is C7H8F2N2O2. The van der Waals surface area contributed by atoms with E-state index in [1.165, 1.54) is 7.11 Å². The maximum absolute atomic E-state index is 12.2. The summed E-state index contributed by atoms with van der Waals surface area (Å²) < 4.78 is 29.0. The van der Waals surface area contributed by atoms with Crippen molar-refractivity contribution < 1.29 is 18.6 Å². The molecule has 0 aliphatic rings. The number of aromatic nitrogens is 1. The van der Waals surface area contributed by atoms with Gasteiger partial charge in [-0.2, -0.15) is 4.98 Å². The Morgan fingerprint density at radius 2 is 2.23 bits per heavy atom. The molecule has 1 aromatic rings. The van der Waals surface area contributed by atoms with E-state index < -0.39 is 17.7 Å². The maximum Gasteiger partial charge on any atom is 0.267 e. The van der Waals surface area contributed by atoms with Crippen molar-refractivity contribution in [1.29, 1.82) is 0 Å². The summed E-state index contributed by atoms with van der Waals surface area (Å²) in [6.07, 6.45) is -2.81. The molecule has 0 aliphatic heterocycles. The van der Waals surface area contributed by atoms with E-state index in [0.29, 0.717) is 0 Å². The van der Waals surface area contributed by atoms with E-state index in [0.717, 1.165) is 6.07 Å². The van der Waals surface area contributed by atoms with Gasteiger partial charge in [0.05, 0.1) is 12.7 Å². The Hall–Kier alpha value is -1.59. The molecule has 0 unspecified atom stereocenters. The molecule has 4 nitrogen and oxygen atoms in total. The van der Waals surface area contributed by atoms with Gasteiger partial charge in [-0.05, 0) is 6.07 Å². The van der Waals surface area contributed by atoms with Crippen LogP contribution < -0.4 is 10.5 Å². The number of rotatable bonds is 2. The molecule has 1 aromatic heterocycles. The molecule has 0 aromatic carbocycles. The molecule has 0 fully saturated rings. The third-order valence-electron chi connectivity index (χ3n) is 1.44. The van der Waals surface area contributed by atoms with Crippen LogP contribution in [0.4, 0.5) is 14.6 Å². The molecule has 0 aliphatic carbocycles. The summed E-state index contributed by atoms with van der Waals surface area (Å²) in [5.41, 5.74) is 4.63. The highest BCUT2D eigenvalue weighted by Crippen LogP contribution is 2.35. The molecule has 0 amide bonds. The quantitative estimate of drug-likeness (QED) is 0.737. The van der Waals surface area contributed by atoms with Crippen molar-refractivity contribution in [2.24, 2.45) is 0 Å². The highest BCUT2D eigenvalue weighted by molar-refractivity contribution is 5.48. The van der Waals surface area contributed by atoms with Gasteiger partial charge in [-0.1, -0.05) is 0 Å². The molecule has 1 rings (SSSR count). The predicted octanol–water partition coefficient (Wildman–Crippen LogP) is 1.32. The van der Waals surface area contributed by atoms with E-state index in [1.54, 1.807) is 0 Å². The van der Waals surface area contributed by atoms with E-state index in [4.69, 9.17) is 10.8 Å². The highest BCUT2D eigenvalue weighted by Gasteiger charge is 2.18. The van der Waals surface area contributed by atoms with Crippen molar-refractivity contribution in [2.45, 2.75) is 6.43 Å². The van der Waals surface area contributed by atoms with Crippen molar-refractivity contribution in [3.63, 3.8) is 0 Å². The van der Waals surface area contributed by atoms with Crippen LogP contribution in [0.2, 0.25) is 0 Å². The molecule has 0 atom stereocenters. The van der Waals surface area contributed by atoms with Gasteiger partial charge in [0.2, 0.25) is 0 Å². The minimum atomic E-state index is -2.81. The topological polar surface area (TPSA) is 68.4 Å². The molecule has 0 bridgehead atoms. The van der Waals surface area contributed by atoms with E-state index in [9.17, 15) is 8.78 Å². The number of nitrogen functional groups attached to an aromatic ring is 1. The second kappa shape index (κ2) is 3.42. The predicted molar refractivity (Wildman–Crippen MR) is 41.8 cm³/mol. The average Bonchev–Trinajstić information content (AvgIpc) is 2.08. The SMILES string of the molecule is COc1nc(N)cc(C(F)F)c1O. The average molecular weight is 190 g/mol. The Balaban J connectivity index is 3.27. The molecule has 0 radical (unpaired) electrons. The first-order valence-electron chi connectivity index (χ1n) is 3.37. The summed E-state index contributed by atoms with van der Waals surface area (Å²) in [6.45, 7) is 0. The fourth-order valence-electron chi connectivity index (χ4n) is 0.862. The number of halogens is 2. The summed E-state index contributed by atoms with van der Waals surface area (Å²) in [5.74, 6) is -1.09. The van der Waals surface area contributed by atoms with Gasteiger partial charge in [0, 0.05) is 0 Å². The van der Waals surface area contributed by atoms with Gasteiger partial charge in [0.15, 0.2) is 5.75 Å². The second-order valence-electron chi connectivity index (χ2n) is 2.29. The van der Waals surface area contributed by atoms with Crippen LogP contribution in [0.15, 0.2) is 6.07 Å². The number of pyridine rings is 1. The lowest BCUT2D eigenvalue weighted by Crippen LogP contribution is -1.98. The van der Waals surface area contributed by atoms with Crippen LogP contribution in [0, 0.1) is 0 Å². The first kappa shape index (κ1) is 9.50. The number of ether oxygens (including phenoxy) is 1. The minimum Gasteiger partial charge on any atom is -0.503 e. The Labute approximate surface area is 73.0 Å². The second-order valence-corrected chi connectivity index (χ2v) is 2.29. The standard InChI is InChI=1S/C7H8F2N2O2/c1-13-7-5(12)3(6(8)9)2-4(10)11-7/h2,6,12H,1H3,(H2,10,11). The lowest BCUT2D eigenvalue weighted by molar-refractivity contribution is 0.146. The number of methoxy groups -OCH3 is 1. The van der Waals surface area contributed by atoms with E-state index in [1.807, 2.05) is 0 Å². The molecule has 1 heterocycles. The molecule has 0 saturated heterocycles. The summed E-state index contributed by atoms with van der Waals surface area (Å²) in [7, 11) is 1.21. The zero-order chi connectivity index (χ0) is 10.0. The normalized spacial score (nSPS) is 10.5. The monoisotopic (exact) mass is 190 g/mol. The van der Waals surface area contributed by atoms with Crippen LogP contribution in [0.5, 0.6) is 11.6 Å². The van der Waals surface area contributed by atoms with Crippen LogP contribution in [-0.2, 0) is 0 Å². The number of aromatic hydroxyl groups is 1. The van der Waals surface area contributed by atoms with Crippen molar-refractivity contribution in [1.82, 2.24) is 4.98 Å². The van der Waals surface area contributed by atoms with Gasteiger partial charge in [-0.3, -0.25) is 0 Å². The number of hydrogen-bond acceptors (Lipinski definition) is 4. The van der Waals surface area contributed by atoms with Crippen LogP contribution in [-0.4, -0.2) is 17.2 Å². The number of nitrogens with two attached hydrogens (primary N) is 1. The van der Waals surface area contributed by atoms with Crippen LogP contribution in [0.3, 0.4) is 0 Å². The first-order valence-corrected chi connectivity index (χ1v) is 3.37. The molecule has 3 N–H and O–H groups in total. The third-order valence-corrected chi connectivity index (χ3v) is 1.44. The Morgan fingerprint density at radius 1 is 1.62 bits per heavy atom. The maximum atomic E-state index is 12.2. The number of anilines is 1. The molecule has 0 spiro atoms. The van der Waals surface area contributed by atoms with Gasteiger partial charge in [-0.25, -0.2) is 8.78 Å². The zero-order valence-electron chi connectivity index (χ0n) is 6.79. The summed E-state index contributed by atoms with van der Waals surface area (Å²) >= 11 is 0. The molecule has 0 saturated carbocycles. The Bertz CT molecular complexity index is 318. The molecular weight excluding hydrogens is 182 g/mol. The molecule has 13 heavy (non-hydrogen) atoms. The lowest BCUT2D eigenvalue weighted by Gasteiger charge is -2.07. The van der Waals surface area contributed by atoms with Crippen molar-refractivity contribution in [3.05, 3.63) is 11.6 Å². The summed E-state index contributed by atoms with van der Waals surface area (Å²) in [5, 5.41) is 9.16. The summed E-state index contributed by atoms with van der Waals surface area (Å²) in [4.78, 5) is 3.51. The Morgan fingerprint density at radius 3 is 2.69 bits per heavy atom. The number of alkyl halides is 2. The number of hydrogen-bond donors (Lipinski definition) is 2. The largest absolute Gasteiger partial charge is 0.503 e. The van der Waals surface area contributed by atoms with Gasteiger partial charge >= 0.3 is 0 Å². The first-order chi connectivity index (χ1) is 6.06. The van der Waals surface area contributed by atoms with Crippen LogP contribution in [0.25, 0.3) is 0 Å². The lowest BCUT2D eigenvalue weighted by atomic mass is 10.2. The van der Waals surface area contributed by atoms with E-state index in [2.05, 4.69) is 9.72 Å². The fourth-order valence-corrected chi connectivity index (χ4v) is 0.862. The van der Waals surface area contributed by atoms with Crippen LogP contribution >= 0.6 is 0 Å². The Kier molecular flexibility index (Phi) is 2.50. The van der Waals surface area contributed by atoms with Crippen molar-refractivity contribution >= 4 is 5.82 Å². The highest BCUT2D eigenvalue weighted by atomic mass is 19.3. The number of nitrogens with zero attached hydrogens (tertiary/aromatic N) is 1. The van der Waals surface area contributed by atoms with Gasteiger partial charge < -0.3 is 15.6 Å². The van der Waals surface area contributed by atoms with Gasteiger partial charge in [0.1, 0.15) is 5.82 Å². The van der Waals surface area contributed by atoms with Crippen molar-refractivity contribution in [3.8, 4) is 11.6 Å². The van der Waals surface area contributed by atoms with Gasteiger partial charge in [0.25, 0.3) is 12.3 Å². The van der Waals surface area contributed by atoms with Gasteiger partial charge in [-0.15, -0.1) is 0 Å². The van der Waals surface area contributed by atoms with E-state index >= 15 is 0 Å². The van der Waals surface area contributed by atoms with Crippen LogP contribution in [0.1, 0.15) is 12.0 Å².